The van der Waals surface area contributed by atoms with E-state index in [2.05, 4.69) is 252 Å². The van der Waals surface area contributed by atoms with E-state index in [1.54, 1.807) is 0 Å². The molecule has 0 amide bonds. The molecule has 0 saturated carbocycles. The lowest BCUT2D eigenvalue weighted by molar-refractivity contribution is 1.29. The second kappa shape index (κ2) is 14.8. The number of hydrogen-bond donors (Lipinski definition) is 0. The van der Waals surface area contributed by atoms with Gasteiger partial charge in [0.25, 0.3) is 0 Å². The van der Waals surface area contributed by atoms with E-state index in [0.29, 0.717) is 0 Å². The van der Waals surface area contributed by atoms with Gasteiger partial charge in [0.2, 0.25) is 0 Å². The predicted octanol–water partition coefficient (Wildman–Crippen LogP) is 17.2. The molecular weight excluding hydrogens is 749 g/mol. The molecule has 290 valence electrons. The standard InChI is InChI=1S/C60H40N2/c1-3-17-49(18-4-1)61(53-34-22-41-12-7-9-14-46(41)38-53)51-30-24-43(25-31-51)55-36-29-48-40-58(56-21-11-16-45-28-37-57(55)60(48)59(45)56)44-26-32-52(33-27-44)62(50-19-5-2-6-20-50)54-35-23-42-13-8-10-15-47(42)39-54/h1-40H. The fraction of sp³-hybridized carbons (Fsp3) is 0. The van der Waals surface area contributed by atoms with Crippen molar-refractivity contribution in [3.8, 4) is 22.3 Å². The monoisotopic (exact) mass is 788 g/mol. The molecule has 0 spiro atoms. The number of hydrogen-bond acceptors (Lipinski definition) is 2. The highest BCUT2D eigenvalue weighted by Crippen LogP contribution is 2.45. The lowest BCUT2D eigenvalue weighted by Gasteiger charge is -2.26. The van der Waals surface area contributed by atoms with Gasteiger partial charge < -0.3 is 9.80 Å². The van der Waals surface area contributed by atoms with Gasteiger partial charge in [-0.1, -0.05) is 164 Å². The second-order valence-corrected chi connectivity index (χ2v) is 16.2. The van der Waals surface area contributed by atoms with Gasteiger partial charge in [-0.2, -0.15) is 0 Å². The third-order valence-electron chi connectivity index (χ3n) is 12.5. The molecule has 2 nitrogen and oxygen atoms in total. The summed E-state index contributed by atoms with van der Waals surface area (Å²) in [6, 6.07) is 88.4. The summed E-state index contributed by atoms with van der Waals surface area (Å²) in [5.41, 5.74) is 11.6. The lowest BCUT2D eigenvalue weighted by atomic mass is 9.86. The lowest BCUT2D eigenvalue weighted by Crippen LogP contribution is -2.09. The van der Waals surface area contributed by atoms with E-state index in [0.717, 1.165) is 34.1 Å². The third kappa shape index (κ3) is 6.12. The molecule has 0 radical (unpaired) electrons. The van der Waals surface area contributed by atoms with Crippen molar-refractivity contribution in [1.29, 1.82) is 0 Å². The van der Waals surface area contributed by atoms with E-state index in [-0.39, 0.29) is 0 Å². The Morgan fingerprint density at radius 1 is 0.210 bits per heavy atom. The summed E-state index contributed by atoms with van der Waals surface area (Å²) in [6.45, 7) is 0. The Morgan fingerprint density at radius 2 is 0.613 bits per heavy atom. The predicted molar refractivity (Wildman–Crippen MR) is 265 cm³/mol. The molecule has 0 aliphatic carbocycles. The van der Waals surface area contributed by atoms with E-state index >= 15 is 0 Å². The topological polar surface area (TPSA) is 6.48 Å². The van der Waals surface area contributed by atoms with Crippen LogP contribution in [0.2, 0.25) is 0 Å². The Balaban J connectivity index is 0.931. The van der Waals surface area contributed by atoms with Crippen LogP contribution in [-0.2, 0) is 0 Å². The number of nitrogens with zero attached hydrogens (tertiary/aromatic N) is 2. The molecule has 0 unspecified atom stereocenters. The summed E-state index contributed by atoms with van der Waals surface area (Å²) in [5, 5.41) is 12.6. The molecule has 0 atom stereocenters. The number of fused-ring (bicyclic) bond motifs is 2. The summed E-state index contributed by atoms with van der Waals surface area (Å²) in [7, 11) is 0. The van der Waals surface area contributed by atoms with Gasteiger partial charge >= 0.3 is 0 Å². The van der Waals surface area contributed by atoms with Gasteiger partial charge in [-0.05, 0) is 155 Å². The maximum absolute atomic E-state index is 2.39. The largest absolute Gasteiger partial charge is 0.310 e. The minimum absolute atomic E-state index is 1.12. The molecule has 0 heterocycles. The summed E-state index contributed by atoms with van der Waals surface area (Å²) in [4.78, 5) is 4.69. The van der Waals surface area contributed by atoms with Crippen molar-refractivity contribution in [2.75, 3.05) is 9.80 Å². The molecule has 12 rings (SSSR count). The van der Waals surface area contributed by atoms with Crippen molar-refractivity contribution in [2.45, 2.75) is 0 Å². The molecule has 0 fully saturated rings. The van der Waals surface area contributed by atoms with Crippen molar-refractivity contribution in [3.63, 3.8) is 0 Å². The van der Waals surface area contributed by atoms with Crippen LogP contribution in [0.5, 0.6) is 0 Å². The molecule has 12 aromatic carbocycles. The van der Waals surface area contributed by atoms with Crippen molar-refractivity contribution < 1.29 is 0 Å². The molecule has 12 aromatic rings. The van der Waals surface area contributed by atoms with Gasteiger partial charge in [0.05, 0.1) is 0 Å². The average Bonchev–Trinajstić information content (AvgIpc) is 3.34. The van der Waals surface area contributed by atoms with Crippen LogP contribution in [0.15, 0.2) is 243 Å². The maximum atomic E-state index is 2.39. The molecule has 62 heavy (non-hydrogen) atoms. The molecule has 0 aliphatic rings. The van der Waals surface area contributed by atoms with Gasteiger partial charge in [-0.3, -0.25) is 0 Å². The zero-order valence-electron chi connectivity index (χ0n) is 34.0. The summed E-state index contributed by atoms with van der Waals surface area (Å²) >= 11 is 0. The zero-order chi connectivity index (χ0) is 41.0. The van der Waals surface area contributed by atoms with Crippen LogP contribution >= 0.6 is 0 Å². The van der Waals surface area contributed by atoms with Crippen molar-refractivity contribution in [2.24, 2.45) is 0 Å². The van der Waals surface area contributed by atoms with Crippen molar-refractivity contribution >= 4 is 88.0 Å². The Morgan fingerprint density at radius 3 is 1.18 bits per heavy atom. The fourth-order valence-electron chi connectivity index (χ4n) is 9.58. The highest BCUT2D eigenvalue weighted by atomic mass is 15.1. The molecule has 2 heteroatoms. The average molecular weight is 789 g/mol. The van der Waals surface area contributed by atoms with E-state index in [9.17, 15) is 0 Å². The molecule has 0 bridgehead atoms. The zero-order valence-corrected chi connectivity index (χ0v) is 34.0. The van der Waals surface area contributed by atoms with Gasteiger partial charge in [0, 0.05) is 34.1 Å². The normalized spacial score (nSPS) is 11.5. The van der Waals surface area contributed by atoms with Crippen LogP contribution < -0.4 is 9.80 Å². The second-order valence-electron chi connectivity index (χ2n) is 16.2. The first-order valence-corrected chi connectivity index (χ1v) is 21.3. The molecule has 0 aromatic heterocycles. The van der Waals surface area contributed by atoms with Crippen LogP contribution in [0.25, 0.3) is 76.1 Å². The highest BCUT2D eigenvalue weighted by Gasteiger charge is 2.19. The quantitative estimate of drug-likeness (QED) is 0.142. The maximum Gasteiger partial charge on any atom is 0.0468 e. The van der Waals surface area contributed by atoms with Crippen LogP contribution in [0, 0.1) is 0 Å². The van der Waals surface area contributed by atoms with Gasteiger partial charge in [-0.25, -0.2) is 0 Å². The molecule has 0 N–H and O–H groups in total. The summed E-state index contributed by atoms with van der Waals surface area (Å²) < 4.78 is 0. The Labute approximate surface area is 361 Å². The van der Waals surface area contributed by atoms with Crippen molar-refractivity contribution in [1.82, 2.24) is 0 Å². The minimum Gasteiger partial charge on any atom is -0.310 e. The van der Waals surface area contributed by atoms with Gasteiger partial charge in [0.1, 0.15) is 0 Å². The third-order valence-corrected chi connectivity index (χ3v) is 12.5. The van der Waals surface area contributed by atoms with Crippen LogP contribution in [0.1, 0.15) is 0 Å². The minimum atomic E-state index is 1.12. The van der Waals surface area contributed by atoms with Crippen LogP contribution in [-0.4, -0.2) is 0 Å². The first-order valence-electron chi connectivity index (χ1n) is 21.3. The Kier molecular flexibility index (Phi) is 8.53. The summed E-state index contributed by atoms with van der Waals surface area (Å²) in [5.74, 6) is 0. The first-order chi connectivity index (χ1) is 30.7. The highest BCUT2D eigenvalue weighted by molar-refractivity contribution is 6.28. The molecular formula is C60H40N2. The number of para-hydroxylation sites is 2. The van der Waals surface area contributed by atoms with Crippen molar-refractivity contribution in [3.05, 3.63) is 243 Å². The number of rotatable bonds is 8. The number of anilines is 6. The van der Waals surface area contributed by atoms with E-state index in [1.165, 1.54) is 76.1 Å². The van der Waals surface area contributed by atoms with Gasteiger partial charge in [0.15, 0.2) is 0 Å². The van der Waals surface area contributed by atoms with Gasteiger partial charge in [-0.15, -0.1) is 0 Å². The van der Waals surface area contributed by atoms with Crippen LogP contribution in [0.3, 0.4) is 0 Å². The molecule has 0 aliphatic heterocycles. The van der Waals surface area contributed by atoms with E-state index in [4.69, 9.17) is 0 Å². The fourth-order valence-corrected chi connectivity index (χ4v) is 9.58. The smallest absolute Gasteiger partial charge is 0.0468 e. The molecule has 0 saturated heterocycles. The Bertz CT molecular complexity index is 3550. The van der Waals surface area contributed by atoms with Crippen LogP contribution in [0.4, 0.5) is 34.1 Å². The Hall–Kier alpha value is -8.20. The number of benzene rings is 12. The SMILES string of the molecule is c1ccc(N(c2ccc(-c3cc4ccc(-c5ccc(N(c6ccccc6)c6ccc7ccccc7c6)cc5)c5ccc6cccc3c6c45)cc2)c2ccc3ccccc3c2)cc1. The summed E-state index contributed by atoms with van der Waals surface area (Å²) in [6.07, 6.45) is 0. The van der Waals surface area contributed by atoms with E-state index in [1.807, 2.05) is 0 Å². The first kappa shape index (κ1) is 35.7. The van der Waals surface area contributed by atoms with E-state index < -0.39 is 0 Å².